The van der Waals surface area contributed by atoms with Gasteiger partial charge in [0, 0.05) is 50.6 Å². The molecular weight excluding hydrogens is 464 g/mol. The molecule has 0 unspecified atom stereocenters. The number of hydrogen-bond acceptors (Lipinski definition) is 5. The normalized spacial score (nSPS) is 15.7. The summed E-state index contributed by atoms with van der Waals surface area (Å²) in [5.74, 6) is -1.32. The minimum Gasteiger partial charge on any atom is -0.371 e. The van der Waals surface area contributed by atoms with Crippen molar-refractivity contribution in [3.8, 4) is 0 Å². The van der Waals surface area contributed by atoms with Gasteiger partial charge in [0.15, 0.2) is 0 Å². The quantitative estimate of drug-likeness (QED) is 0.648. The number of aryl methyl sites for hydroxylation is 1. The zero-order chi connectivity index (χ0) is 26.2. The fourth-order valence-corrected chi connectivity index (χ4v) is 4.32. The van der Waals surface area contributed by atoms with Gasteiger partial charge in [0.1, 0.15) is 12.6 Å². The first-order valence-electron chi connectivity index (χ1n) is 11.4. The van der Waals surface area contributed by atoms with E-state index in [0.717, 1.165) is 49.3 Å². The van der Waals surface area contributed by atoms with E-state index in [-0.39, 0.29) is 5.91 Å². The summed E-state index contributed by atoms with van der Waals surface area (Å²) in [6.07, 6.45) is -2.48. The molecule has 2 aromatic carbocycles. The molecule has 0 aliphatic carbocycles. The molecule has 2 aromatic rings. The molecule has 4 rings (SSSR count). The van der Waals surface area contributed by atoms with Crippen LogP contribution < -0.4 is 15.5 Å². The van der Waals surface area contributed by atoms with Crippen molar-refractivity contribution in [2.45, 2.75) is 25.9 Å². The Hall–Kier alpha value is -3.14. The maximum absolute atomic E-state index is 13.9. The summed E-state index contributed by atoms with van der Waals surface area (Å²) in [4.78, 5) is 27.1. The number of nitrogens with two attached hydrogens (primary N) is 1. The van der Waals surface area contributed by atoms with Crippen LogP contribution in [0.3, 0.4) is 0 Å². The van der Waals surface area contributed by atoms with E-state index in [9.17, 15) is 22.4 Å². The van der Waals surface area contributed by atoms with Crippen LogP contribution >= 0.6 is 0 Å². The van der Waals surface area contributed by atoms with Crippen molar-refractivity contribution >= 4 is 24.1 Å². The van der Waals surface area contributed by atoms with Crippen molar-refractivity contribution in [2.75, 3.05) is 56.1 Å². The van der Waals surface area contributed by atoms with Crippen LogP contribution in [0.4, 0.5) is 28.9 Å². The van der Waals surface area contributed by atoms with Gasteiger partial charge in [0.25, 0.3) is 5.91 Å². The topological polar surface area (TPSA) is 69.9 Å². The van der Waals surface area contributed by atoms with Crippen molar-refractivity contribution in [2.24, 2.45) is 5.73 Å². The summed E-state index contributed by atoms with van der Waals surface area (Å²) in [7, 11) is 1.50. The van der Waals surface area contributed by atoms with Gasteiger partial charge in [-0.1, -0.05) is 11.6 Å². The lowest BCUT2D eigenvalue weighted by Gasteiger charge is -2.37. The first-order valence-corrected chi connectivity index (χ1v) is 11.4. The van der Waals surface area contributed by atoms with E-state index in [1.807, 2.05) is 36.8 Å². The van der Waals surface area contributed by atoms with Gasteiger partial charge >= 0.3 is 6.18 Å². The van der Waals surface area contributed by atoms with Crippen LogP contribution in [-0.4, -0.2) is 63.9 Å². The number of halogens is 4. The monoisotopic (exact) mass is 496 g/mol. The second-order valence-corrected chi connectivity index (χ2v) is 8.16. The van der Waals surface area contributed by atoms with Crippen molar-refractivity contribution < 1.29 is 27.2 Å². The number of nitrogens with zero attached hydrogens (tertiary/aromatic N) is 3. The fourth-order valence-electron chi connectivity index (χ4n) is 4.32. The molecule has 0 bridgehead atoms. The SMILES string of the molecule is C=O.CN.Cc1ccc(N2CCCC2)c(C(=O)N2CCN(c3ccc(C(F)(F)F)c(F)c3)CC2)c1. The average Bonchev–Trinajstić information content (AvgIpc) is 3.40. The van der Waals surface area contributed by atoms with Crippen molar-refractivity contribution in [1.82, 2.24) is 4.90 Å². The maximum atomic E-state index is 13.9. The van der Waals surface area contributed by atoms with E-state index in [2.05, 4.69) is 10.6 Å². The molecule has 0 spiro atoms. The lowest BCUT2D eigenvalue weighted by atomic mass is 10.1. The Kier molecular flexibility index (Phi) is 10.1. The van der Waals surface area contributed by atoms with Crippen LogP contribution in [-0.2, 0) is 11.0 Å². The van der Waals surface area contributed by atoms with Crippen LogP contribution in [0.5, 0.6) is 0 Å². The lowest BCUT2D eigenvalue weighted by molar-refractivity contribution is -0.140. The molecule has 0 saturated carbocycles. The van der Waals surface area contributed by atoms with Crippen molar-refractivity contribution in [1.29, 1.82) is 0 Å². The maximum Gasteiger partial charge on any atom is 0.419 e. The number of carbonyl (C=O) groups is 2. The highest BCUT2D eigenvalue weighted by atomic mass is 19.4. The molecule has 2 aliphatic rings. The third kappa shape index (κ3) is 6.72. The molecule has 2 saturated heterocycles. The predicted octanol–water partition coefficient (Wildman–Crippen LogP) is 4.11. The second-order valence-electron chi connectivity index (χ2n) is 8.16. The van der Waals surface area contributed by atoms with Crippen LogP contribution in [0.2, 0.25) is 0 Å². The zero-order valence-electron chi connectivity index (χ0n) is 20.1. The predicted molar refractivity (Wildman–Crippen MR) is 129 cm³/mol. The third-order valence-corrected chi connectivity index (χ3v) is 6.02. The molecule has 0 radical (unpaired) electrons. The Morgan fingerprint density at radius 2 is 1.49 bits per heavy atom. The number of rotatable bonds is 3. The Labute approximate surface area is 203 Å². The summed E-state index contributed by atoms with van der Waals surface area (Å²) in [6.45, 7) is 7.56. The minimum atomic E-state index is -4.71. The summed E-state index contributed by atoms with van der Waals surface area (Å²) in [6, 6.07) is 8.93. The number of amides is 1. The van der Waals surface area contributed by atoms with Gasteiger partial charge in [0.05, 0.1) is 11.1 Å². The fraction of sp³-hybridized carbons (Fsp3) is 0.440. The molecule has 2 N–H and O–H groups in total. The van der Waals surface area contributed by atoms with Gasteiger partial charge < -0.3 is 25.2 Å². The second kappa shape index (κ2) is 12.5. The summed E-state index contributed by atoms with van der Waals surface area (Å²) in [5.41, 5.74) is 6.30. The first kappa shape index (κ1) is 28.1. The highest BCUT2D eigenvalue weighted by molar-refractivity contribution is 6.00. The first-order chi connectivity index (χ1) is 16.7. The van der Waals surface area contributed by atoms with Gasteiger partial charge in [0.2, 0.25) is 0 Å². The number of carbonyl (C=O) groups excluding carboxylic acids is 2. The Bertz CT molecular complexity index is 986. The number of alkyl halides is 3. The molecular formula is C25H32F4N4O2. The van der Waals surface area contributed by atoms with Crippen LogP contribution in [0.15, 0.2) is 36.4 Å². The van der Waals surface area contributed by atoms with E-state index < -0.39 is 17.6 Å². The van der Waals surface area contributed by atoms with Crippen LogP contribution in [0.25, 0.3) is 0 Å². The average molecular weight is 497 g/mol. The molecule has 0 atom stereocenters. The van der Waals surface area contributed by atoms with Gasteiger partial charge in [-0.25, -0.2) is 4.39 Å². The third-order valence-electron chi connectivity index (χ3n) is 6.02. The van der Waals surface area contributed by atoms with E-state index in [0.29, 0.717) is 37.4 Å². The smallest absolute Gasteiger partial charge is 0.371 e. The summed E-state index contributed by atoms with van der Waals surface area (Å²) >= 11 is 0. The van der Waals surface area contributed by atoms with E-state index in [4.69, 9.17) is 4.79 Å². The number of benzene rings is 2. The van der Waals surface area contributed by atoms with Crippen molar-refractivity contribution in [3.63, 3.8) is 0 Å². The standard InChI is InChI=1S/C23H25F4N3O.CH5N.CH2O/c1-16-4-7-21(29-8-2-3-9-29)18(14-16)22(31)30-12-10-28(11-13-30)17-5-6-19(20(24)15-17)23(25,26)27;2*1-2/h4-7,14-15H,2-3,8-13H2,1H3;2H2,1H3;1H2. The zero-order valence-corrected chi connectivity index (χ0v) is 20.1. The summed E-state index contributed by atoms with van der Waals surface area (Å²) in [5, 5.41) is 0. The Balaban J connectivity index is 0.00000103. The van der Waals surface area contributed by atoms with Crippen LogP contribution in [0, 0.1) is 12.7 Å². The molecule has 35 heavy (non-hydrogen) atoms. The number of piperazine rings is 1. The van der Waals surface area contributed by atoms with Crippen molar-refractivity contribution in [3.05, 3.63) is 58.9 Å². The number of anilines is 2. The van der Waals surface area contributed by atoms with E-state index >= 15 is 0 Å². The highest BCUT2D eigenvalue weighted by Gasteiger charge is 2.34. The minimum absolute atomic E-state index is 0.0381. The molecule has 10 heteroatoms. The number of hydrogen-bond donors (Lipinski definition) is 1. The molecule has 2 aliphatic heterocycles. The molecule has 2 fully saturated rings. The van der Waals surface area contributed by atoms with Gasteiger partial charge in [-0.3, -0.25) is 4.79 Å². The van der Waals surface area contributed by atoms with Gasteiger partial charge in [-0.05, 0) is 57.1 Å². The molecule has 192 valence electrons. The lowest BCUT2D eigenvalue weighted by Crippen LogP contribution is -2.49. The van der Waals surface area contributed by atoms with Gasteiger partial charge in [-0.15, -0.1) is 0 Å². The molecule has 6 nitrogen and oxygen atoms in total. The van der Waals surface area contributed by atoms with E-state index in [1.54, 1.807) is 4.90 Å². The van der Waals surface area contributed by atoms with Gasteiger partial charge in [-0.2, -0.15) is 13.2 Å². The van der Waals surface area contributed by atoms with Crippen LogP contribution in [0.1, 0.15) is 34.3 Å². The largest absolute Gasteiger partial charge is 0.419 e. The van der Waals surface area contributed by atoms with E-state index in [1.165, 1.54) is 13.1 Å². The Morgan fingerprint density at radius 3 is 2.03 bits per heavy atom. The Morgan fingerprint density at radius 1 is 0.886 bits per heavy atom. The molecule has 2 heterocycles. The summed E-state index contributed by atoms with van der Waals surface area (Å²) < 4.78 is 52.3. The molecule has 1 amide bonds. The molecule has 0 aromatic heterocycles. The highest BCUT2D eigenvalue weighted by Crippen LogP contribution is 2.33.